The second-order valence-electron chi connectivity index (χ2n) is 3.31. The first-order valence-electron chi connectivity index (χ1n) is 5.39. The molecule has 0 aromatic rings. The zero-order valence-corrected chi connectivity index (χ0v) is 9.38. The smallest absolute Gasteiger partial charge is 0.132 e. The van der Waals surface area contributed by atoms with Gasteiger partial charge in [0.2, 0.25) is 0 Å². The molecular formula is C11H22O3. The fraction of sp³-hybridized carbons (Fsp3) is 0.909. The van der Waals surface area contributed by atoms with E-state index in [9.17, 15) is 4.79 Å². The van der Waals surface area contributed by atoms with Crippen molar-refractivity contribution >= 4 is 5.78 Å². The highest BCUT2D eigenvalue weighted by Crippen LogP contribution is 1.99. The molecule has 0 saturated heterocycles. The van der Waals surface area contributed by atoms with Crippen molar-refractivity contribution in [1.29, 1.82) is 0 Å². The van der Waals surface area contributed by atoms with Crippen LogP contribution in [0.5, 0.6) is 0 Å². The number of unbranched alkanes of at least 4 members (excludes halogenated alkanes) is 1. The molecule has 0 bridgehead atoms. The molecule has 14 heavy (non-hydrogen) atoms. The Morgan fingerprint density at radius 3 is 2.43 bits per heavy atom. The number of Topliss-reactive ketones (excluding diaryl/α,β-unsaturated/α-hetero) is 1. The maximum atomic E-state index is 10.9. The normalized spacial score (nSPS) is 10.4. The van der Waals surface area contributed by atoms with Crippen molar-refractivity contribution in [3.05, 3.63) is 0 Å². The van der Waals surface area contributed by atoms with Crippen LogP contribution in [-0.2, 0) is 14.3 Å². The molecule has 0 aliphatic carbocycles. The summed E-state index contributed by atoms with van der Waals surface area (Å²) >= 11 is 0. The summed E-state index contributed by atoms with van der Waals surface area (Å²) in [6.07, 6.45) is 4.26. The van der Waals surface area contributed by atoms with Crippen LogP contribution in [0.1, 0.15) is 39.0 Å². The van der Waals surface area contributed by atoms with Crippen LogP contribution in [0, 0.1) is 0 Å². The molecule has 0 aromatic carbocycles. The lowest BCUT2D eigenvalue weighted by atomic mass is 10.1. The van der Waals surface area contributed by atoms with Crippen molar-refractivity contribution < 1.29 is 14.3 Å². The van der Waals surface area contributed by atoms with Gasteiger partial charge in [-0.05, 0) is 19.3 Å². The largest absolute Gasteiger partial charge is 0.385 e. The molecule has 0 atom stereocenters. The molecule has 0 aliphatic heterocycles. The Morgan fingerprint density at radius 1 is 1.07 bits per heavy atom. The summed E-state index contributed by atoms with van der Waals surface area (Å²) in [5.74, 6) is 0.351. The Bertz CT molecular complexity index is 134. The van der Waals surface area contributed by atoms with Crippen molar-refractivity contribution in [3.8, 4) is 0 Å². The monoisotopic (exact) mass is 202 g/mol. The molecule has 3 heteroatoms. The highest BCUT2D eigenvalue weighted by atomic mass is 16.5. The van der Waals surface area contributed by atoms with Crippen molar-refractivity contribution in [2.24, 2.45) is 0 Å². The minimum absolute atomic E-state index is 0.351. The first-order chi connectivity index (χ1) is 6.81. The highest BCUT2D eigenvalue weighted by Gasteiger charge is 1.97. The summed E-state index contributed by atoms with van der Waals surface area (Å²) in [7, 11) is 1.69. The van der Waals surface area contributed by atoms with Gasteiger partial charge < -0.3 is 9.47 Å². The number of hydrogen-bond donors (Lipinski definition) is 0. The van der Waals surface area contributed by atoms with E-state index < -0.39 is 0 Å². The van der Waals surface area contributed by atoms with E-state index in [0.29, 0.717) is 18.6 Å². The number of ether oxygens (including phenoxy) is 2. The number of ketones is 1. The molecule has 0 heterocycles. The third-order valence-corrected chi connectivity index (χ3v) is 2.03. The van der Waals surface area contributed by atoms with Gasteiger partial charge in [-0.25, -0.2) is 0 Å². The summed E-state index contributed by atoms with van der Waals surface area (Å²) in [6.45, 7) is 4.19. The van der Waals surface area contributed by atoms with Crippen molar-refractivity contribution in [2.45, 2.75) is 39.0 Å². The minimum Gasteiger partial charge on any atom is -0.385 e. The third kappa shape index (κ3) is 9.68. The standard InChI is InChI=1S/C11H22O3/c1-3-11(12)7-4-5-9-14-10-6-8-13-2/h3-10H2,1-2H3. The molecule has 0 fully saturated rings. The number of carbonyl (C=O) groups excluding carboxylic acids is 1. The van der Waals surface area contributed by atoms with Gasteiger partial charge in [-0.15, -0.1) is 0 Å². The van der Waals surface area contributed by atoms with Crippen LogP contribution in [0.3, 0.4) is 0 Å². The van der Waals surface area contributed by atoms with Gasteiger partial charge in [-0.1, -0.05) is 6.92 Å². The average Bonchev–Trinajstić information content (AvgIpc) is 2.21. The molecule has 0 amide bonds. The summed E-state index contributed by atoms with van der Waals surface area (Å²) in [5.41, 5.74) is 0. The quantitative estimate of drug-likeness (QED) is 0.509. The molecule has 84 valence electrons. The molecule has 0 unspecified atom stereocenters. The second kappa shape index (κ2) is 10.7. The first-order valence-corrected chi connectivity index (χ1v) is 5.39. The maximum absolute atomic E-state index is 10.9. The molecule has 0 spiro atoms. The summed E-state index contributed by atoms with van der Waals surface area (Å²) < 4.78 is 10.3. The predicted octanol–water partition coefficient (Wildman–Crippen LogP) is 2.19. The molecule has 0 radical (unpaired) electrons. The predicted molar refractivity (Wildman–Crippen MR) is 56.5 cm³/mol. The summed E-state index contributed by atoms with van der Waals surface area (Å²) in [6, 6.07) is 0. The Labute approximate surface area is 86.8 Å². The number of methoxy groups -OCH3 is 1. The lowest BCUT2D eigenvalue weighted by Gasteiger charge is -2.03. The fourth-order valence-electron chi connectivity index (χ4n) is 1.11. The molecule has 0 aliphatic rings. The van der Waals surface area contributed by atoms with Gasteiger partial charge in [0.25, 0.3) is 0 Å². The van der Waals surface area contributed by atoms with Crippen molar-refractivity contribution in [3.63, 3.8) is 0 Å². The van der Waals surface area contributed by atoms with Crippen LogP contribution in [0.15, 0.2) is 0 Å². The summed E-state index contributed by atoms with van der Waals surface area (Å²) in [4.78, 5) is 10.9. The van der Waals surface area contributed by atoms with Gasteiger partial charge >= 0.3 is 0 Å². The van der Waals surface area contributed by atoms with Gasteiger partial charge in [-0.3, -0.25) is 4.79 Å². The van der Waals surface area contributed by atoms with E-state index in [1.165, 1.54) is 0 Å². The molecule has 3 nitrogen and oxygen atoms in total. The topological polar surface area (TPSA) is 35.5 Å². The molecule has 0 saturated carbocycles. The molecular weight excluding hydrogens is 180 g/mol. The fourth-order valence-corrected chi connectivity index (χ4v) is 1.11. The summed E-state index contributed by atoms with van der Waals surface area (Å²) in [5, 5.41) is 0. The SMILES string of the molecule is CCC(=O)CCCCOCCCOC. The molecule has 0 N–H and O–H groups in total. The Morgan fingerprint density at radius 2 is 1.79 bits per heavy atom. The van der Waals surface area contributed by atoms with E-state index in [2.05, 4.69) is 0 Å². The van der Waals surface area contributed by atoms with Gasteiger partial charge in [0.15, 0.2) is 0 Å². The van der Waals surface area contributed by atoms with Crippen molar-refractivity contribution in [2.75, 3.05) is 26.9 Å². The van der Waals surface area contributed by atoms with Crippen LogP contribution in [0.25, 0.3) is 0 Å². The number of rotatable bonds is 10. The van der Waals surface area contributed by atoms with Crippen LogP contribution in [0.2, 0.25) is 0 Å². The minimum atomic E-state index is 0.351. The zero-order chi connectivity index (χ0) is 10.6. The van der Waals surface area contributed by atoms with E-state index in [0.717, 1.165) is 39.1 Å². The molecule has 0 rings (SSSR count). The van der Waals surface area contributed by atoms with E-state index in [1.54, 1.807) is 7.11 Å². The zero-order valence-electron chi connectivity index (χ0n) is 9.38. The highest BCUT2D eigenvalue weighted by molar-refractivity contribution is 5.77. The second-order valence-corrected chi connectivity index (χ2v) is 3.31. The molecule has 0 aromatic heterocycles. The third-order valence-electron chi connectivity index (χ3n) is 2.03. The Balaban J connectivity index is 2.95. The van der Waals surface area contributed by atoms with Crippen LogP contribution < -0.4 is 0 Å². The van der Waals surface area contributed by atoms with Gasteiger partial charge in [-0.2, -0.15) is 0 Å². The van der Waals surface area contributed by atoms with Crippen LogP contribution >= 0.6 is 0 Å². The van der Waals surface area contributed by atoms with Gasteiger partial charge in [0, 0.05) is 39.8 Å². The average molecular weight is 202 g/mol. The van der Waals surface area contributed by atoms with Crippen LogP contribution in [-0.4, -0.2) is 32.7 Å². The van der Waals surface area contributed by atoms with Gasteiger partial charge in [0.1, 0.15) is 5.78 Å². The van der Waals surface area contributed by atoms with Gasteiger partial charge in [0.05, 0.1) is 0 Å². The maximum Gasteiger partial charge on any atom is 0.132 e. The lowest BCUT2D eigenvalue weighted by Crippen LogP contribution is -2.01. The number of carbonyl (C=O) groups is 1. The van der Waals surface area contributed by atoms with E-state index in [1.807, 2.05) is 6.92 Å². The Kier molecular flexibility index (Phi) is 10.4. The van der Waals surface area contributed by atoms with E-state index in [4.69, 9.17) is 9.47 Å². The van der Waals surface area contributed by atoms with Crippen LogP contribution in [0.4, 0.5) is 0 Å². The first kappa shape index (κ1) is 13.6. The Hall–Kier alpha value is -0.410. The van der Waals surface area contributed by atoms with Crippen molar-refractivity contribution in [1.82, 2.24) is 0 Å². The lowest BCUT2D eigenvalue weighted by molar-refractivity contribution is -0.118. The number of hydrogen-bond acceptors (Lipinski definition) is 3. The van der Waals surface area contributed by atoms with E-state index in [-0.39, 0.29) is 0 Å². The van der Waals surface area contributed by atoms with E-state index >= 15 is 0 Å².